The van der Waals surface area contributed by atoms with Gasteiger partial charge in [0.1, 0.15) is 4.83 Å². The predicted octanol–water partition coefficient (Wildman–Crippen LogP) is 5.46. The molecule has 0 saturated carbocycles. The zero-order chi connectivity index (χ0) is 21.8. The lowest BCUT2D eigenvalue weighted by Crippen LogP contribution is -2.23. The van der Waals surface area contributed by atoms with Crippen molar-refractivity contribution in [2.45, 2.75) is 63.9 Å². The summed E-state index contributed by atoms with van der Waals surface area (Å²) in [4.78, 5) is 32.9. The second-order valence-corrected chi connectivity index (χ2v) is 9.95. The van der Waals surface area contributed by atoms with Gasteiger partial charge < -0.3 is 4.74 Å². The number of benzene rings is 1. The molecule has 5 nitrogen and oxygen atoms in total. The first-order valence-electron chi connectivity index (χ1n) is 11.0. The molecular formula is C24H28N2O3S2. The van der Waals surface area contributed by atoms with E-state index in [1.54, 1.807) is 15.9 Å². The molecule has 0 amide bonds. The van der Waals surface area contributed by atoms with Crippen LogP contribution in [0, 0.1) is 6.92 Å². The number of fused-ring (bicyclic) bond motifs is 3. The van der Waals surface area contributed by atoms with Crippen molar-refractivity contribution in [3.63, 3.8) is 0 Å². The van der Waals surface area contributed by atoms with Crippen LogP contribution in [0.15, 0.2) is 34.2 Å². The third-order valence-corrected chi connectivity index (χ3v) is 7.74. The van der Waals surface area contributed by atoms with Gasteiger partial charge in [-0.25, -0.2) is 4.98 Å². The highest BCUT2D eigenvalue weighted by Crippen LogP contribution is 2.35. The smallest absolute Gasteiger partial charge is 0.316 e. The van der Waals surface area contributed by atoms with Crippen LogP contribution in [0.25, 0.3) is 15.9 Å². The number of carbonyl (C=O) groups is 1. The summed E-state index contributed by atoms with van der Waals surface area (Å²) in [5, 5.41) is 1.31. The summed E-state index contributed by atoms with van der Waals surface area (Å²) < 4.78 is 7.04. The molecule has 1 aromatic carbocycles. The third-order valence-electron chi connectivity index (χ3n) is 5.64. The van der Waals surface area contributed by atoms with Crippen molar-refractivity contribution in [3.8, 4) is 5.69 Å². The number of aromatic nitrogens is 2. The minimum absolute atomic E-state index is 0.0301. The molecule has 0 unspecified atom stereocenters. The first-order chi connectivity index (χ1) is 15.1. The molecule has 0 atom stereocenters. The van der Waals surface area contributed by atoms with Gasteiger partial charge in [-0.05, 0) is 56.2 Å². The van der Waals surface area contributed by atoms with Gasteiger partial charge in [-0.2, -0.15) is 0 Å². The molecule has 1 aliphatic rings. The van der Waals surface area contributed by atoms with Crippen LogP contribution in [0.2, 0.25) is 0 Å². The molecule has 0 bridgehead atoms. The molecule has 2 heterocycles. The van der Waals surface area contributed by atoms with Crippen LogP contribution in [-0.2, 0) is 22.4 Å². The number of carbonyl (C=O) groups excluding carboxylic acids is 1. The van der Waals surface area contributed by atoms with E-state index < -0.39 is 0 Å². The fraction of sp³-hybridized carbons (Fsp3) is 0.458. The van der Waals surface area contributed by atoms with E-state index in [0.29, 0.717) is 11.8 Å². The fourth-order valence-corrected chi connectivity index (χ4v) is 6.12. The average molecular weight is 457 g/mol. The van der Waals surface area contributed by atoms with Crippen molar-refractivity contribution in [1.29, 1.82) is 0 Å². The number of para-hydroxylation sites is 1. The lowest BCUT2D eigenvalue weighted by Gasteiger charge is -2.15. The van der Waals surface area contributed by atoms with Gasteiger partial charge in [0.25, 0.3) is 5.56 Å². The summed E-state index contributed by atoms with van der Waals surface area (Å²) in [6.45, 7) is 4.56. The van der Waals surface area contributed by atoms with Gasteiger partial charge in [0.05, 0.1) is 23.4 Å². The maximum Gasteiger partial charge on any atom is 0.316 e. The van der Waals surface area contributed by atoms with Gasteiger partial charge in [0, 0.05) is 4.88 Å². The fourth-order valence-electron chi connectivity index (χ4n) is 4.01. The maximum atomic E-state index is 13.7. The Morgan fingerprint density at radius 1 is 1.23 bits per heavy atom. The van der Waals surface area contributed by atoms with Crippen LogP contribution in [0.1, 0.15) is 55.0 Å². The van der Waals surface area contributed by atoms with E-state index in [1.807, 2.05) is 31.2 Å². The number of nitrogens with zero attached hydrogens (tertiary/aromatic N) is 2. The molecule has 0 N–H and O–H groups in total. The molecule has 7 heteroatoms. The largest absolute Gasteiger partial charge is 0.465 e. The van der Waals surface area contributed by atoms with E-state index in [2.05, 4.69) is 6.92 Å². The van der Waals surface area contributed by atoms with E-state index in [4.69, 9.17) is 9.72 Å². The molecule has 0 saturated heterocycles. The van der Waals surface area contributed by atoms with E-state index in [9.17, 15) is 9.59 Å². The van der Waals surface area contributed by atoms with E-state index >= 15 is 0 Å². The number of unbranched alkanes of at least 4 members (excludes halogenated alkanes) is 2. The number of esters is 1. The van der Waals surface area contributed by atoms with Crippen LogP contribution in [0.4, 0.5) is 0 Å². The summed E-state index contributed by atoms with van der Waals surface area (Å²) in [6, 6.07) is 7.82. The van der Waals surface area contributed by atoms with Gasteiger partial charge in [0.15, 0.2) is 5.16 Å². The monoisotopic (exact) mass is 456 g/mol. The molecule has 3 aromatic rings. The van der Waals surface area contributed by atoms with E-state index in [0.717, 1.165) is 66.4 Å². The second-order valence-electron chi connectivity index (χ2n) is 7.93. The number of hydrogen-bond acceptors (Lipinski definition) is 6. The van der Waals surface area contributed by atoms with Crippen LogP contribution in [-0.4, -0.2) is 27.9 Å². The Labute approximate surface area is 190 Å². The quantitative estimate of drug-likeness (QED) is 0.195. The summed E-state index contributed by atoms with van der Waals surface area (Å²) in [6.07, 6.45) is 7.26. The highest BCUT2D eigenvalue weighted by atomic mass is 32.2. The Morgan fingerprint density at radius 3 is 2.84 bits per heavy atom. The first kappa shape index (κ1) is 22.1. The van der Waals surface area contributed by atoms with Crippen molar-refractivity contribution >= 4 is 39.3 Å². The number of thioether (sulfide) groups is 1. The molecule has 1 aliphatic carbocycles. The Balaban J connectivity index is 1.71. The topological polar surface area (TPSA) is 61.2 Å². The van der Waals surface area contributed by atoms with Crippen LogP contribution >= 0.6 is 23.1 Å². The van der Waals surface area contributed by atoms with Crippen LogP contribution < -0.4 is 5.56 Å². The summed E-state index contributed by atoms with van der Waals surface area (Å²) in [5.74, 6) is -0.127. The molecule has 164 valence electrons. The molecule has 31 heavy (non-hydrogen) atoms. The van der Waals surface area contributed by atoms with Gasteiger partial charge >= 0.3 is 5.97 Å². The Kier molecular flexibility index (Phi) is 7.13. The molecule has 2 aromatic heterocycles. The predicted molar refractivity (Wildman–Crippen MR) is 128 cm³/mol. The lowest BCUT2D eigenvalue weighted by molar-refractivity contribution is -0.140. The van der Waals surface area contributed by atoms with Crippen LogP contribution in [0.3, 0.4) is 0 Å². The van der Waals surface area contributed by atoms with Crippen LogP contribution in [0.5, 0.6) is 0 Å². The van der Waals surface area contributed by atoms with Crippen molar-refractivity contribution in [2.75, 3.05) is 12.4 Å². The normalized spacial score (nSPS) is 13.4. The van der Waals surface area contributed by atoms with Gasteiger partial charge in [0.2, 0.25) is 0 Å². The third kappa shape index (κ3) is 4.72. The summed E-state index contributed by atoms with van der Waals surface area (Å²) >= 11 is 2.92. The number of thiophene rings is 1. The molecule has 4 rings (SSSR count). The molecule has 0 aliphatic heterocycles. The zero-order valence-electron chi connectivity index (χ0n) is 18.1. The zero-order valence-corrected chi connectivity index (χ0v) is 19.7. The average Bonchev–Trinajstić information content (AvgIpc) is 3.15. The van der Waals surface area contributed by atoms with Crippen molar-refractivity contribution in [1.82, 2.24) is 9.55 Å². The van der Waals surface area contributed by atoms with Crippen molar-refractivity contribution in [3.05, 3.63) is 50.6 Å². The van der Waals surface area contributed by atoms with Gasteiger partial charge in [-0.3, -0.25) is 14.2 Å². The van der Waals surface area contributed by atoms with Crippen molar-refractivity contribution in [2.24, 2.45) is 0 Å². The molecule has 0 radical (unpaired) electrons. The number of ether oxygens (including phenoxy) is 1. The lowest BCUT2D eigenvalue weighted by atomic mass is 9.97. The SMILES string of the molecule is CCCCCOC(=O)CSc1nc2sc3c(c2c(=O)n1-c1ccccc1C)CCCC3. The maximum absolute atomic E-state index is 13.7. The Hall–Kier alpha value is -2.12. The summed E-state index contributed by atoms with van der Waals surface area (Å²) in [5.41, 5.74) is 2.96. The van der Waals surface area contributed by atoms with E-state index in [-0.39, 0.29) is 17.3 Å². The Bertz CT molecular complexity index is 1150. The highest BCUT2D eigenvalue weighted by molar-refractivity contribution is 7.99. The molecular weight excluding hydrogens is 428 g/mol. The van der Waals surface area contributed by atoms with Gasteiger partial charge in [-0.15, -0.1) is 11.3 Å². The number of aryl methyl sites for hydroxylation is 3. The summed E-state index contributed by atoms with van der Waals surface area (Å²) in [7, 11) is 0. The van der Waals surface area contributed by atoms with E-state index in [1.165, 1.54) is 22.2 Å². The Morgan fingerprint density at radius 2 is 2.03 bits per heavy atom. The minimum Gasteiger partial charge on any atom is -0.465 e. The molecule has 0 spiro atoms. The highest BCUT2D eigenvalue weighted by Gasteiger charge is 2.23. The van der Waals surface area contributed by atoms with Crippen molar-refractivity contribution < 1.29 is 9.53 Å². The second kappa shape index (κ2) is 10.0. The minimum atomic E-state index is -0.266. The first-order valence-corrected chi connectivity index (χ1v) is 12.8. The number of hydrogen-bond donors (Lipinski definition) is 0. The number of rotatable bonds is 8. The van der Waals surface area contributed by atoms with Gasteiger partial charge in [-0.1, -0.05) is 49.7 Å². The molecule has 0 fully saturated rings. The standard InChI is InChI=1S/C24H28N2O3S2/c1-3-4-9-14-29-20(27)15-30-24-25-22-21(17-11-6-8-13-19(17)31-22)23(28)26(24)18-12-7-5-10-16(18)2/h5,7,10,12H,3-4,6,8-9,11,13-15H2,1-2H3.